The highest BCUT2D eigenvalue weighted by atomic mass is 32.2. The smallest absolute Gasteiger partial charge is 0.223 e. The van der Waals surface area contributed by atoms with E-state index >= 15 is 0 Å². The lowest BCUT2D eigenvalue weighted by molar-refractivity contribution is 0.556. The summed E-state index contributed by atoms with van der Waals surface area (Å²) in [4.78, 5) is 8.28. The molecular formula is C18H34N4S. The van der Waals surface area contributed by atoms with Gasteiger partial charge in [0.25, 0.3) is 0 Å². The molecule has 1 atom stereocenters. The van der Waals surface area contributed by atoms with E-state index in [9.17, 15) is 0 Å². The fourth-order valence-electron chi connectivity index (χ4n) is 2.73. The first-order chi connectivity index (χ1) is 11.2. The maximum atomic E-state index is 5.79. The highest BCUT2D eigenvalue weighted by Crippen LogP contribution is 2.30. The van der Waals surface area contributed by atoms with Crippen molar-refractivity contribution in [3.05, 3.63) is 6.07 Å². The van der Waals surface area contributed by atoms with Gasteiger partial charge in [-0.1, -0.05) is 71.6 Å². The number of aromatic nitrogens is 2. The molecule has 1 rings (SSSR count). The Balaban J connectivity index is 2.47. The lowest BCUT2D eigenvalue weighted by Gasteiger charge is -2.16. The Morgan fingerprint density at radius 1 is 0.870 bits per heavy atom. The Kier molecular flexibility index (Phi) is 10.9. The number of hydrogen-bond acceptors (Lipinski definition) is 5. The van der Waals surface area contributed by atoms with Crippen LogP contribution in [0.25, 0.3) is 0 Å². The number of unbranched alkanes of at least 4 members (excludes halogenated alkanes) is 7. The number of nitrogens with zero attached hydrogens (tertiary/aromatic N) is 2. The zero-order chi connectivity index (χ0) is 16.9. The Bertz CT molecular complexity index is 405. The van der Waals surface area contributed by atoms with E-state index in [4.69, 9.17) is 11.5 Å². The second-order valence-electron chi connectivity index (χ2n) is 6.28. The predicted molar refractivity (Wildman–Crippen MR) is 103 cm³/mol. The van der Waals surface area contributed by atoms with E-state index in [1.54, 1.807) is 0 Å². The quantitative estimate of drug-likeness (QED) is 0.285. The molecule has 0 aliphatic heterocycles. The summed E-state index contributed by atoms with van der Waals surface area (Å²) in [5.74, 6) is 0.743. The first-order valence-electron chi connectivity index (χ1n) is 9.22. The van der Waals surface area contributed by atoms with Gasteiger partial charge in [0, 0.05) is 11.3 Å². The van der Waals surface area contributed by atoms with Gasteiger partial charge < -0.3 is 11.5 Å². The summed E-state index contributed by atoms with van der Waals surface area (Å²) in [7, 11) is 0. The summed E-state index contributed by atoms with van der Waals surface area (Å²) < 4.78 is 0. The Morgan fingerprint density at radius 2 is 1.43 bits per heavy atom. The van der Waals surface area contributed by atoms with Gasteiger partial charge in [-0.3, -0.25) is 0 Å². The van der Waals surface area contributed by atoms with Crippen LogP contribution in [0.15, 0.2) is 11.1 Å². The van der Waals surface area contributed by atoms with Crippen LogP contribution in [0.1, 0.15) is 84.5 Å². The first kappa shape index (κ1) is 20.1. The summed E-state index contributed by atoms with van der Waals surface area (Å²) >= 11 is 1.83. The normalized spacial score (nSPS) is 12.4. The van der Waals surface area contributed by atoms with E-state index in [2.05, 4.69) is 23.8 Å². The molecule has 0 radical (unpaired) electrons. The third kappa shape index (κ3) is 9.69. The van der Waals surface area contributed by atoms with Gasteiger partial charge in [0.2, 0.25) is 5.95 Å². The van der Waals surface area contributed by atoms with Crippen molar-refractivity contribution in [2.24, 2.45) is 0 Å². The van der Waals surface area contributed by atoms with Crippen LogP contribution in [-0.4, -0.2) is 15.2 Å². The average molecular weight is 339 g/mol. The molecule has 0 aromatic carbocycles. The minimum absolute atomic E-state index is 0.278. The molecule has 1 heterocycles. The number of anilines is 2. The Morgan fingerprint density at radius 3 is 2.00 bits per heavy atom. The standard InChI is InChI=1S/C18H34N4S/c1-3-5-7-9-11-13-15(12-10-8-6-4-2)23-17-14-16(19)21-18(20)22-17/h14-15H,3-13H2,1-2H3,(H4,19,20,21,22). The minimum atomic E-state index is 0.278. The van der Waals surface area contributed by atoms with Gasteiger partial charge in [-0.15, -0.1) is 11.8 Å². The molecule has 0 saturated heterocycles. The van der Waals surface area contributed by atoms with Crippen molar-refractivity contribution in [2.45, 2.75) is 94.8 Å². The topological polar surface area (TPSA) is 77.8 Å². The number of rotatable bonds is 13. The number of nitrogens with two attached hydrogens (primary N) is 2. The van der Waals surface area contributed by atoms with Gasteiger partial charge in [0.1, 0.15) is 10.8 Å². The van der Waals surface area contributed by atoms with Crippen LogP contribution < -0.4 is 11.5 Å². The molecule has 0 spiro atoms. The monoisotopic (exact) mass is 338 g/mol. The van der Waals surface area contributed by atoms with Crippen molar-refractivity contribution < 1.29 is 0 Å². The minimum Gasteiger partial charge on any atom is -0.383 e. The van der Waals surface area contributed by atoms with E-state index in [-0.39, 0.29) is 5.95 Å². The lowest BCUT2D eigenvalue weighted by atomic mass is 10.0. The highest BCUT2D eigenvalue weighted by molar-refractivity contribution is 7.99. The molecule has 0 aliphatic carbocycles. The van der Waals surface area contributed by atoms with Gasteiger partial charge in [0.05, 0.1) is 0 Å². The third-order valence-corrected chi connectivity index (χ3v) is 5.29. The van der Waals surface area contributed by atoms with Crippen molar-refractivity contribution in [3.63, 3.8) is 0 Å². The lowest BCUT2D eigenvalue weighted by Crippen LogP contribution is -2.06. The molecule has 5 heteroatoms. The molecular weight excluding hydrogens is 304 g/mol. The molecule has 0 amide bonds. The van der Waals surface area contributed by atoms with Crippen LogP contribution in [0.3, 0.4) is 0 Å². The van der Waals surface area contributed by atoms with Crippen molar-refractivity contribution in [1.29, 1.82) is 0 Å². The van der Waals surface area contributed by atoms with E-state index < -0.39 is 0 Å². The fourth-order valence-corrected chi connectivity index (χ4v) is 3.97. The molecule has 4 N–H and O–H groups in total. The fraction of sp³-hybridized carbons (Fsp3) is 0.778. The summed E-state index contributed by atoms with van der Waals surface area (Å²) in [6.45, 7) is 4.52. The zero-order valence-electron chi connectivity index (χ0n) is 14.9. The molecule has 23 heavy (non-hydrogen) atoms. The third-order valence-electron chi connectivity index (χ3n) is 4.04. The van der Waals surface area contributed by atoms with Gasteiger partial charge >= 0.3 is 0 Å². The average Bonchev–Trinajstić information content (AvgIpc) is 2.50. The van der Waals surface area contributed by atoms with Crippen molar-refractivity contribution in [2.75, 3.05) is 11.5 Å². The van der Waals surface area contributed by atoms with Crippen LogP contribution in [0.4, 0.5) is 11.8 Å². The Labute approximate surface area is 146 Å². The number of nitrogen functional groups attached to an aromatic ring is 2. The molecule has 1 aromatic heterocycles. The number of hydrogen-bond donors (Lipinski definition) is 2. The molecule has 132 valence electrons. The second-order valence-corrected chi connectivity index (χ2v) is 7.60. The van der Waals surface area contributed by atoms with Crippen LogP contribution >= 0.6 is 11.8 Å². The maximum absolute atomic E-state index is 5.79. The van der Waals surface area contributed by atoms with Crippen LogP contribution in [0.5, 0.6) is 0 Å². The first-order valence-corrected chi connectivity index (χ1v) is 10.1. The van der Waals surface area contributed by atoms with Crippen molar-refractivity contribution in [3.8, 4) is 0 Å². The van der Waals surface area contributed by atoms with Crippen molar-refractivity contribution in [1.82, 2.24) is 9.97 Å². The Hall–Kier alpha value is -0.970. The van der Waals surface area contributed by atoms with Crippen molar-refractivity contribution >= 4 is 23.5 Å². The van der Waals surface area contributed by atoms with Gasteiger partial charge in [-0.25, -0.2) is 4.98 Å². The van der Waals surface area contributed by atoms with Crippen LogP contribution in [0.2, 0.25) is 0 Å². The molecule has 0 fully saturated rings. The predicted octanol–water partition coefficient (Wildman–Crippen LogP) is 5.43. The second kappa shape index (κ2) is 12.5. The molecule has 0 bridgehead atoms. The van der Waals surface area contributed by atoms with E-state index in [1.165, 1.54) is 70.6 Å². The summed E-state index contributed by atoms with van der Waals surface area (Å²) in [6, 6.07) is 1.84. The SMILES string of the molecule is CCCCCCCC(CCCCCC)Sc1cc(N)nc(N)n1. The largest absolute Gasteiger partial charge is 0.383 e. The maximum Gasteiger partial charge on any atom is 0.223 e. The molecule has 1 aromatic rings. The molecule has 4 nitrogen and oxygen atoms in total. The summed E-state index contributed by atoms with van der Waals surface area (Å²) in [5.41, 5.74) is 11.5. The van der Waals surface area contributed by atoms with Gasteiger partial charge in [-0.05, 0) is 12.8 Å². The molecule has 0 saturated carbocycles. The highest BCUT2D eigenvalue weighted by Gasteiger charge is 2.12. The number of thioether (sulfide) groups is 1. The van der Waals surface area contributed by atoms with E-state index in [0.717, 1.165) is 5.03 Å². The van der Waals surface area contributed by atoms with Gasteiger partial charge in [-0.2, -0.15) is 4.98 Å². The van der Waals surface area contributed by atoms with Gasteiger partial charge in [0.15, 0.2) is 0 Å². The van der Waals surface area contributed by atoms with E-state index in [1.807, 2.05) is 17.8 Å². The van der Waals surface area contributed by atoms with Crippen LogP contribution in [-0.2, 0) is 0 Å². The summed E-state index contributed by atoms with van der Waals surface area (Å²) in [5, 5.41) is 1.53. The summed E-state index contributed by atoms with van der Waals surface area (Å²) in [6.07, 6.45) is 14.4. The van der Waals surface area contributed by atoms with E-state index in [0.29, 0.717) is 11.1 Å². The van der Waals surface area contributed by atoms with Crippen LogP contribution in [0, 0.1) is 0 Å². The molecule has 1 unspecified atom stereocenters. The molecule has 0 aliphatic rings. The zero-order valence-corrected chi connectivity index (χ0v) is 15.7.